The van der Waals surface area contributed by atoms with Crippen LogP contribution in [0, 0.1) is 5.41 Å². The molecule has 1 atom stereocenters. The monoisotopic (exact) mass is 428 g/mol. The molecule has 4 heteroatoms. The van der Waals surface area contributed by atoms with E-state index in [1.54, 1.807) is 0 Å². The van der Waals surface area contributed by atoms with E-state index in [1.807, 2.05) is 18.2 Å². The van der Waals surface area contributed by atoms with Gasteiger partial charge in [-0.15, -0.1) is 0 Å². The molecule has 1 saturated carbocycles. The summed E-state index contributed by atoms with van der Waals surface area (Å²) in [6, 6.07) is 31.4. The molecule has 0 aromatic heterocycles. The van der Waals surface area contributed by atoms with Gasteiger partial charge in [0.2, 0.25) is 0 Å². The van der Waals surface area contributed by atoms with Gasteiger partial charge in [-0.25, -0.2) is 4.79 Å². The third kappa shape index (κ3) is 3.54. The minimum absolute atomic E-state index is 0.193. The van der Waals surface area contributed by atoms with E-state index in [1.165, 1.54) is 6.42 Å². The summed E-state index contributed by atoms with van der Waals surface area (Å²) in [6.45, 7) is 0.485. The second-order valence-corrected chi connectivity index (χ2v) is 12.1. The van der Waals surface area contributed by atoms with E-state index in [4.69, 9.17) is 9.16 Å². The van der Waals surface area contributed by atoms with Gasteiger partial charge in [0.25, 0.3) is 8.32 Å². The zero-order valence-electron chi connectivity index (χ0n) is 17.7. The van der Waals surface area contributed by atoms with Crippen molar-refractivity contribution >= 4 is 29.8 Å². The van der Waals surface area contributed by atoms with Gasteiger partial charge in [0.05, 0.1) is 0 Å². The van der Waals surface area contributed by atoms with Crippen molar-refractivity contribution in [1.29, 1.82) is 0 Å². The molecule has 0 bridgehead atoms. The van der Waals surface area contributed by atoms with Crippen molar-refractivity contribution in [2.75, 3.05) is 6.61 Å². The molecule has 158 valence electrons. The first kappa shape index (κ1) is 20.2. The van der Waals surface area contributed by atoms with Crippen LogP contribution >= 0.6 is 0 Å². The summed E-state index contributed by atoms with van der Waals surface area (Å²) >= 11 is 0. The number of carbonyl (C=O) groups excluding carboxylic acids is 1. The van der Waals surface area contributed by atoms with E-state index in [0.717, 1.165) is 41.2 Å². The highest BCUT2D eigenvalue weighted by molar-refractivity contribution is 7.07. The SMILES string of the molecule is O=C1OCC2(CCCCC2)[C@H]1O[Si](c1ccccc1)(c1ccccc1)c1ccccc1. The molecule has 0 unspecified atom stereocenters. The Hall–Kier alpha value is -2.69. The van der Waals surface area contributed by atoms with Crippen LogP contribution in [0.1, 0.15) is 32.1 Å². The number of benzene rings is 3. The van der Waals surface area contributed by atoms with Gasteiger partial charge in [-0.2, -0.15) is 0 Å². The summed E-state index contributed by atoms with van der Waals surface area (Å²) < 4.78 is 12.9. The molecule has 1 spiro atoms. The molecule has 3 aromatic rings. The molecule has 0 radical (unpaired) electrons. The average Bonchev–Trinajstić information content (AvgIpc) is 3.13. The summed E-state index contributed by atoms with van der Waals surface area (Å²) in [5, 5.41) is 3.45. The molecule has 2 aliphatic rings. The number of rotatable bonds is 5. The molecule has 1 aliphatic heterocycles. The van der Waals surface area contributed by atoms with E-state index in [2.05, 4.69) is 72.8 Å². The maximum atomic E-state index is 13.1. The minimum atomic E-state index is -2.94. The van der Waals surface area contributed by atoms with E-state index >= 15 is 0 Å². The molecule has 0 N–H and O–H groups in total. The van der Waals surface area contributed by atoms with Crippen LogP contribution in [0.15, 0.2) is 91.0 Å². The number of esters is 1. The van der Waals surface area contributed by atoms with Crippen molar-refractivity contribution in [2.45, 2.75) is 38.2 Å². The highest BCUT2D eigenvalue weighted by atomic mass is 28.4. The molecule has 31 heavy (non-hydrogen) atoms. The Morgan fingerprint density at radius 1 is 0.710 bits per heavy atom. The molecule has 1 heterocycles. The number of carbonyl (C=O) groups is 1. The Morgan fingerprint density at radius 3 is 1.61 bits per heavy atom. The van der Waals surface area contributed by atoms with E-state index < -0.39 is 14.4 Å². The summed E-state index contributed by atoms with van der Waals surface area (Å²) in [5.74, 6) is -0.193. The Balaban J connectivity index is 1.71. The van der Waals surface area contributed by atoms with Crippen LogP contribution in [0.5, 0.6) is 0 Å². The van der Waals surface area contributed by atoms with E-state index in [9.17, 15) is 4.79 Å². The maximum absolute atomic E-state index is 13.1. The van der Waals surface area contributed by atoms with Crippen LogP contribution in [0.2, 0.25) is 0 Å². The van der Waals surface area contributed by atoms with Crippen molar-refractivity contribution in [3.8, 4) is 0 Å². The van der Waals surface area contributed by atoms with Crippen LogP contribution in [0.3, 0.4) is 0 Å². The Labute approximate surface area is 185 Å². The maximum Gasteiger partial charge on any atom is 0.334 e. The first-order valence-corrected chi connectivity index (χ1v) is 13.2. The van der Waals surface area contributed by atoms with Crippen molar-refractivity contribution in [1.82, 2.24) is 0 Å². The Bertz CT molecular complexity index is 917. The van der Waals surface area contributed by atoms with Gasteiger partial charge >= 0.3 is 5.97 Å². The molecule has 2 fully saturated rings. The standard InChI is InChI=1S/C27H28O3Si/c28-26-25(27(21-29-26)19-11-4-12-20-27)30-31(22-13-5-1-6-14-22,23-15-7-2-8-16-23)24-17-9-3-10-18-24/h1-3,5-10,13-18,25H,4,11-12,19-21H2/t25-/m0/s1. The molecule has 3 nitrogen and oxygen atoms in total. The Kier molecular flexibility index (Phi) is 5.51. The molecular formula is C27H28O3Si. The largest absolute Gasteiger partial charge is 0.463 e. The molecule has 5 rings (SSSR count). The van der Waals surface area contributed by atoms with Gasteiger partial charge in [-0.3, -0.25) is 0 Å². The molecule has 0 amide bonds. The van der Waals surface area contributed by atoms with E-state index in [-0.39, 0.29) is 11.4 Å². The summed E-state index contributed by atoms with van der Waals surface area (Å²) in [7, 11) is -2.94. The van der Waals surface area contributed by atoms with Gasteiger partial charge in [-0.1, -0.05) is 110 Å². The lowest BCUT2D eigenvalue weighted by molar-refractivity contribution is -0.144. The lowest BCUT2D eigenvalue weighted by Gasteiger charge is -2.41. The van der Waals surface area contributed by atoms with Gasteiger partial charge < -0.3 is 9.16 Å². The fraction of sp³-hybridized carbons (Fsp3) is 0.296. The molecule has 1 saturated heterocycles. The van der Waals surface area contributed by atoms with Crippen molar-refractivity contribution in [2.24, 2.45) is 5.41 Å². The molecule has 1 aliphatic carbocycles. The van der Waals surface area contributed by atoms with Gasteiger partial charge in [0.1, 0.15) is 6.61 Å². The fourth-order valence-corrected chi connectivity index (χ4v) is 9.44. The quantitative estimate of drug-likeness (QED) is 0.354. The Morgan fingerprint density at radius 2 is 1.16 bits per heavy atom. The van der Waals surface area contributed by atoms with Crippen LogP contribution in [-0.4, -0.2) is 27.0 Å². The average molecular weight is 429 g/mol. The first-order valence-electron chi connectivity index (χ1n) is 11.3. The third-order valence-corrected chi connectivity index (χ3v) is 11.0. The van der Waals surface area contributed by atoms with E-state index in [0.29, 0.717) is 6.61 Å². The summed E-state index contributed by atoms with van der Waals surface area (Å²) in [6.07, 6.45) is 4.94. The summed E-state index contributed by atoms with van der Waals surface area (Å²) in [5.41, 5.74) is -0.202. The number of hydrogen-bond donors (Lipinski definition) is 0. The highest BCUT2D eigenvalue weighted by Crippen LogP contribution is 2.45. The van der Waals surface area contributed by atoms with Gasteiger partial charge in [0, 0.05) is 5.41 Å². The summed E-state index contributed by atoms with van der Waals surface area (Å²) in [4.78, 5) is 13.1. The second kappa shape index (κ2) is 8.44. The predicted molar refractivity (Wildman–Crippen MR) is 125 cm³/mol. The van der Waals surface area contributed by atoms with Gasteiger partial charge in [-0.05, 0) is 28.4 Å². The zero-order valence-corrected chi connectivity index (χ0v) is 18.7. The van der Waals surface area contributed by atoms with Crippen molar-refractivity contribution < 1.29 is 14.0 Å². The molecular weight excluding hydrogens is 400 g/mol. The number of cyclic esters (lactones) is 1. The fourth-order valence-electron chi connectivity index (χ4n) is 5.35. The van der Waals surface area contributed by atoms with Crippen molar-refractivity contribution in [3.05, 3.63) is 91.0 Å². The topological polar surface area (TPSA) is 35.5 Å². The lowest BCUT2D eigenvalue weighted by atomic mass is 9.72. The van der Waals surface area contributed by atoms with Gasteiger partial charge in [0.15, 0.2) is 6.10 Å². The van der Waals surface area contributed by atoms with Crippen molar-refractivity contribution in [3.63, 3.8) is 0 Å². The highest BCUT2D eigenvalue weighted by Gasteiger charge is 2.56. The number of ether oxygens (including phenoxy) is 1. The zero-order chi connectivity index (χ0) is 21.2. The first-order chi connectivity index (χ1) is 15.2. The smallest absolute Gasteiger partial charge is 0.334 e. The van der Waals surface area contributed by atoms with Crippen LogP contribution in [0.25, 0.3) is 0 Å². The second-order valence-electron chi connectivity index (χ2n) is 8.81. The predicted octanol–water partition coefficient (Wildman–Crippen LogP) is 3.55. The van der Waals surface area contributed by atoms with Crippen LogP contribution in [0.4, 0.5) is 0 Å². The van der Waals surface area contributed by atoms with Crippen LogP contribution < -0.4 is 15.6 Å². The number of hydrogen-bond acceptors (Lipinski definition) is 3. The normalized spacial score (nSPS) is 20.5. The minimum Gasteiger partial charge on any atom is -0.463 e. The third-order valence-electron chi connectivity index (χ3n) is 6.96. The van der Waals surface area contributed by atoms with Crippen LogP contribution in [-0.2, 0) is 14.0 Å². The lowest BCUT2D eigenvalue weighted by Crippen LogP contribution is -2.71. The molecule has 3 aromatic carbocycles.